The second-order valence-corrected chi connectivity index (χ2v) is 7.29. The largest absolute Gasteiger partial charge is 0.501 e. The highest BCUT2D eigenvalue weighted by molar-refractivity contribution is 7.92. The normalized spacial score (nSPS) is 17.1. The topological polar surface area (TPSA) is 66.5 Å². The van der Waals surface area contributed by atoms with Gasteiger partial charge in [-0.05, 0) is 25.0 Å². The van der Waals surface area contributed by atoms with Crippen molar-refractivity contribution in [3.05, 3.63) is 24.3 Å². The van der Waals surface area contributed by atoms with Gasteiger partial charge in [0.25, 0.3) is 9.84 Å². The summed E-state index contributed by atoms with van der Waals surface area (Å²) in [5.74, 6) is -0.163. The van der Waals surface area contributed by atoms with Gasteiger partial charge in [0, 0.05) is 26.1 Å². The lowest BCUT2D eigenvalue weighted by Gasteiger charge is -2.34. The number of alkyl halides is 3. The lowest BCUT2D eigenvalue weighted by Crippen LogP contribution is -2.44. The Hall–Kier alpha value is -1.77. The van der Waals surface area contributed by atoms with E-state index in [1.54, 1.807) is 4.90 Å². The summed E-state index contributed by atoms with van der Waals surface area (Å²) in [6.07, 6.45) is 1.08. The highest BCUT2D eigenvalue weighted by Gasteiger charge is 2.48. The van der Waals surface area contributed by atoms with Crippen LogP contribution in [-0.2, 0) is 14.6 Å². The molecule has 1 heterocycles. The van der Waals surface area contributed by atoms with Crippen molar-refractivity contribution >= 4 is 21.4 Å². The van der Waals surface area contributed by atoms with E-state index in [0.717, 1.165) is 6.07 Å². The van der Waals surface area contributed by atoms with Gasteiger partial charge in [0.1, 0.15) is 0 Å². The van der Waals surface area contributed by atoms with Gasteiger partial charge >= 0.3 is 5.51 Å². The summed E-state index contributed by atoms with van der Waals surface area (Å²) in [6, 6.07) is 5.07. The zero-order valence-electron chi connectivity index (χ0n) is 12.4. The molecule has 0 spiro atoms. The first-order chi connectivity index (χ1) is 10.6. The fraction of sp³-hybridized carbons (Fsp3) is 0.500. The molecule has 2 rings (SSSR count). The summed E-state index contributed by atoms with van der Waals surface area (Å²) in [4.78, 5) is 11.9. The van der Waals surface area contributed by atoms with Crippen molar-refractivity contribution < 1.29 is 26.4 Å². The minimum atomic E-state index is -5.40. The van der Waals surface area contributed by atoms with E-state index < -0.39 is 20.2 Å². The molecular formula is C14H17F3N2O3S. The van der Waals surface area contributed by atoms with Crippen LogP contribution in [0.25, 0.3) is 0 Å². The van der Waals surface area contributed by atoms with E-state index in [4.69, 9.17) is 0 Å². The molecule has 0 radical (unpaired) electrons. The Morgan fingerprint density at radius 3 is 2.30 bits per heavy atom. The van der Waals surface area contributed by atoms with Gasteiger partial charge < -0.3 is 10.2 Å². The molecule has 1 amide bonds. The number of hydrogen-bond acceptors (Lipinski definition) is 4. The number of nitrogens with zero attached hydrogens (tertiary/aromatic N) is 1. The Morgan fingerprint density at radius 2 is 1.78 bits per heavy atom. The van der Waals surface area contributed by atoms with Gasteiger partial charge in [0.15, 0.2) is 0 Å². The fourth-order valence-electron chi connectivity index (χ4n) is 2.62. The summed E-state index contributed by atoms with van der Waals surface area (Å²) in [7, 11) is -5.40. The molecule has 0 bridgehead atoms. The number of halogens is 3. The second-order valence-electron chi connectivity index (χ2n) is 5.38. The van der Waals surface area contributed by atoms with E-state index in [0.29, 0.717) is 25.9 Å². The molecule has 0 atom stereocenters. The number of amides is 1. The van der Waals surface area contributed by atoms with Gasteiger partial charge in [-0.25, -0.2) is 8.42 Å². The van der Waals surface area contributed by atoms with E-state index in [1.807, 2.05) is 0 Å². The van der Waals surface area contributed by atoms with Gasteiger partial charge in [0.2, 0.25) is 5.91 Å². The van der Waals surface area contributed by atoms with Gasteiger partial charge in [-0.2, -0.15) is 13.2 Å². The van der Waals surface area contributed by atoms with Crippen molar-refractivity contribution in [3.8, 4) is 0 Å². The number of anilines is 1. The monoisotopic (exact) mass is 350 g/mol. The minimum absolute atomic E-state index is 0.0462. The molecule has 1 aliphatic rings. The SMILES string of the molecule is CC(=O)NC1CCN(c2ccccc2S(=O)(=O)C(F)(F)F)CC1. The minimum Gasteiger partial charge on any atom is -0.370 e. The Balaban J connectivity index is 2.25. The van der Waals surface area contributed by atoms with Crippen LogP contribution < -0.4 is 10.2 Å². The summed E-state index contributed by atoms with van der Waals surface area (Å²) >= 11 is 0. The van der Waals surface area contributed by atoms with E-state index in [2.05, 4.69) is 5.32 Å². The number of piperidine rings is 1. The van der Waals surface area contributed by atoms with Crippen molar-refractivity contribution in [2.24, 2.45) is 0 Å². The van der Waals surface area contributed by atoms with Gasteiger partial charge in [-0.15, -0.1) is 0 Å². The smallest absolute Gasteiger partial charge is 0.370 e. The van der Waals surface area contributed by atoms with E-state index in [9.17, 15) is 26.4 Å². The predicted molar refractivity (Wildman–Crippen MR) is 78.7 cm³/mol. The maximum absolute atomic E-state index is 12.8. The maximum atomic E-state index is 12.8. The number of rotatable bonds is 3. The Morgan fingerprint density at radius 1 is 1.22 bits per heavy atom. The number of carbonyl (C=O) groups is 1. The summed E-state index contributed by atoms with van der Waals surface area (Å²) < 4.78 is 61.9. The van der Waals surface area contributed by atoms with Crippen LogP contribution in [0.4, 0.5) is 18.9 Å². The van der Waals surface area contributed by atoms with Gasteiger partial charge in [-0.1, -0.05) is 12.1 Å². The molecule has 1 saturated heterocycles. The molecule has 1 N–H and O–H groups in total. The predicted octanol–water partition coefficient (Wildman–Crippen LogP) is 2.08. The molecule has 1 aromatic rings. The van der Waals surface area contributed by atoms with E-state index >= 15 is 0 Å². The standard InChI is InChI=1S/C14H17F3N2O3S/c1-10(20)18-11-6-8-19(9-7-11)12-4-2-3-5-13(12)23(21,22)14(15,16)17/h2-5,11H,6-9H2,1H3,(H,18,20). The first-order valence-corrected chi connectivity index (χ1v) is 8.53. The first kappa shape index (κ1) is 17.6. The quantitative estimate of drug-likeness (QED) is 0.906. The third kappa shape index (κ3) is 3.77. The molecule has 1 aromatic carbocycles. The van der Waals surface area contributed by atoms with Crippen molar-refractivity contribution in [3.63, 3.8) is 0 Å². The Kier molecular flexibility index (Phi) is 4.88. The molecule has 0 unspecified atom stereocenters. The molecule has 23 heavy (non-hydrogen) atoms. The van der Waals surface area contributed by atoms with Crippen LogP contribution in [0.15, 0.2) is 29.2 Å². The van der Waals surface area contributed by atoms with Crippen LogP contribution in [0, 0.1) is 0 Å². The van der Waals surface area contributed by atoms with Crippen molar-refractivity contribution in [2.75, 3.05) is 18.0 Å². The third-order valence-electron chi connectivity index (χ3n) is 3.70. The molecular weight excluding hydrogens is 333 g/mol. The lowest BCUT2D eigenvalue weighted by atomic mass is 10.0. The number of benzene rings is 1. The molecule has 9 heteroatoms. The second kappa shape index (κ2) is 6.38. The number of para-hydroxylation sites is 1. The fourth-order valence-corrected chi connectivity index (χ4v) is 3.60. The molecule has 128 valence electrons. The van der Waals surface area contributed by atoms with E-state index in [-0.39, 0.29) is 17.6 Å². The highest BCUT2D eigenvalue weighted by Crippen LogP contribution is 2.36. The maximum Gasteiger partial charge on any atom is 0.501 e. The summed E-state index contributed by atoms with van der Waals surface area (Å²) in [5.41, 5.74) is -5.29. The van der Waals surface area contributed by atoms with Crippen molar-refractivity contribution in [2.45, 2.75) is 36.2 Å². The third-order valence-corrected chi connectivity index (χ3v) is 5.24. The van der Waals surface area contributed by atoms with Crippen LogP contribution >= 0.6 is 0 Å². The van der Waals surface area contributed by atoms with Crippen LogP contribution in [-0.4, -0.2) is 39.0 Å². The molecule has 0 saturated carbocycles. The first-order valence-electron chi connectivity index (χ1n) is 7.05. The van der Waals surface area contributed by atoms with Crippen LogP contribution in [0.2, 0.25) is 0 Å². The molecule has 0 aliphatic carbocycles. The van der Waals surface area contributed by atoms with Gasteiger partial charge in [0.05, 0.1) is 10.6 Å². The zero-order chi connectivity index (χ0) is 17.3. The number of nitrogens with one attached hydrogen (secondary N) is 1. The number of hydrogen-bond donors (Lipinski definition) is 1. The zero-order valence-corrected chi connectivity index (χ0v) is 13.2. The summed E-state index contributed by atoms with van der Waals surface area (Å²) in [6.45, 7) is 2.14. The van der Waals surface area contributed by atoms with Crippen LogP contribution in [0.3, 0.4) is 0 Å². The number of sulfone groups is 1. The molecule has 1 aliphatic heterocycles. The molecule has 1 fully saturated rings. The summed E-state index contributed by atoms with van der Waals surface area (Å²) in [5, 5.41) is 2.76. The highest BCUT2D eigenvalue weighted by atomic mass is 32.2. The molecule has 0 aromatic heterocycles. The average Bonchev–Trinajstić information content (AvgIpc) is 2.46. The molecule has 5 nitrogen and oxygen atoms in total. The van der Waals surface area contributed by atoms with Gasteiger partial charge in [-0.3, -0.25) is 4.79 Å². The number of carbonyl (C=O) groups excluding carboxylic acids is 1. The lowest BCUT2D eigenvalue weighted by molar-refractivity contribution is -0.119. The Bertz CT molecular complexity index is 681. The Labute approximate surface area is 132 Å². The average molecular weight is 350 g/mol. The van der Waals surface area contributed by atoms with Crippen molar-refractivity contribution in [1.29, 1.82) is 0 Å². The van der Waals surface area contributed by atoms with E-state index in [1.165, 1.54) is 25.1 Å². The van der Waals surface area contributed by atoms with Crippen LogP contribution in [0.1, 0.15) is 19.8 Å². The van der Waals surface area contributed by atoms with Crippen molar-refractivity contribution in [1.82, 2.24) is 5.32 Å². The van der Waals surface area contributed by atoms with Crippen LogP contribution in [0.5, 0.6) is 0 Å².